The molecule has 0 bridgehead atoms. The topological polar surface area (TPSA) is 59.0 Å². The predicted octanol–water partition coefficient (Wildman–Crippen LogP) is 4.43. The van der Waals surface area contributed by atoms with E-state index in [1.165, 1.54) is 12.2 Å². The number of esters is 1. The highest BCUT2D eigenvalue weighted by Crippen LogP contribution is 2.54. The van der Waals surface area contributed by atoms with Crippen molar-refractivity contribution in [1.29, 1.82) is 0 Å². The minimum Gasteiger partial charge on any atom is -0.468 e. The summed E-state index contributed by atoms with van der Waals surface area (Å²) in [6, 6.07) is 29.7. The van der Waals surface area contributed by atoms with Gasteiger partial charge in [-0.1, -0.05) is 91.0 Å². The lowest BCUT2D eigenvalue weighted by atomic mass is 9.57. The molecule has 1 saturated heterocycles. The first kappa shape index (κ1) is 20.3. The van der Waals surface area contributed by atoms with Crippen molar-refractivity contribution < 1.29 is 19.8 Å². The summed E-state index contributed by atoms with van der Waals surface area (Å²) in [7, 11) is 1.38. The second-order valence-corrected chi connectivity index (χ2v) is 7.49. The number of methoxy groups -OCH3 is 1. The average Bonchev–Trinajstić information content (AvgIpc) is 3.26. The fourth-order valence-electron chi connectivity index (χ4n) is 5.09. The molecule has 1 heterocycles. The number of hydroxylamine groups is 2. The van der Waals surface area contributed by atoms with Gasteiger partial charge in [0.05, 0.1) is 12.5 Å². The molecule has 1 atom stereocenters. The lowest BCUT2D eigenvalue weighted by Gasteiger charge is -2.50. The molecule has 0 saturated carbocycles. The number of rotatable bonds is 6. The fourth-order valence-corrected chi connectivity index (χ4v) is 5.09. The molecule has 0 spiro atoms. The Morgan fingerprint density at radius 2 is 1.30 bits per heavy atom. The van der Waals surface area contributed by atoms with Crippen LogP contribution < -0.4 is 0 Å². The first-order chi connectivity index (χ1) is 14.7. The van der Waals surface area contributed by atoms with E-state index in [4.69, 9.17) is 9.73 Å². The third-order valence-electron chi connectivity index (χ3n) is 6.19. The van der Waals surface area contributed by atoms with Gasteiger partial charge in [0.15, 0.2) is 5.54 Å². The summed E-state index contributed by atoms with van der Waals surface area (Å²) < 4.78 is 5.37. The van der Waals surface area contributed by atoms with Crippen molar-refractivity contribution in [2.45, 2.75) is 23.8 Å². The fraction of sp³-hybridized carbons (Fsp3) is 0.240. The van der Waals surface area contributed by atoms with Crippen LogP contribution in [0.25, 0.3) is 0 Å². The van der Waals surface area contributed by atoms with E-state index in [1.807, 2.05) is 91.0 Å². The van der Waals surface area contributed by atoms with E-state index in [-0.39, 0.29) is 0 Å². The lowest BCUT2D eigenvalue weighted by molar-refractivity contribution is -0.415. The summed E-state index contributed by atoms with van der Waals surface area (Å²) in [5, 5.41) is 11.2. The zero-order chi connectivity index (χ0) is 21.0. The number of ether oxygens (including phenoxy) is 1. The van der Waals surface area contributed by atoms with Gasteiger partial charge in [-0.25, -0.2) is 10.1 Å². The zero-order valence-corrected chi connectivity index (χ0v) is 16.9. The van der Waals surface area contributed by atoms with E-state index in [9.17, 15) is 10.1 Å². The molecule has 1 N–H and O–H groups in total. The zero-order valence-electron chi connectivity index (χ0n) is 16.9. The minimum absolute atomic E-state index is 0.403. The predicted molar refractivity (Wildman–Crippen MR) is 114 cm³/mol. The van der Waals surface area contributed by atoms with E-state index in [2.05, 4.69) is 0 Å². The van der Waals surface area contributed by atoms with Crippen LogP contribution in [0.4, 0.5) is 0 Å². The summed E-state index contributed by atoms with van der Waals surface area (Å²) in [5.41, 5.74) is 0.453. The van der Waals surface area contributed by atoms with E-state index in [0.29, 0.717) is 19.4 Å². The summed E-state index contributed by atoms with van der Waals surface area (Å²) in [5.74, 6) is -0.453. The van der Waals surface area contributed by atoms with Crippen LogP contribution in [0.5, 0.6) is 0 Å². The molecule has 1 aliphatic rings. The Bertz CT molecular complexity index is 881. The Hall–Kier alpha value is -2.99. The largest absolute Gasteiger partial charge is 0.468 e. The van der Waals surface area contributed by atoms with E-state index in [0.717, 1.165) is 16.7 Å². The smallest absolute Gasteiger partial charge is 0.330 e. The van der Waals surface area contributed by atoms with Gasteiger partial charge in [-0.2, -0.15) is 0 Å². The van der Waals surface area contributed by atoms with Crippen LogP contribution in [0.15, 0.2) is 91.0 Å². The van der Waals surface area contributed by atoms with Gasteiger partial charge < -0.3 is 4.74 Å². The summed E-state index contributed by atoms with van der Waals surface area (Å²) in [4.78, 5) is 18.5. The Morgan fingerprint density at radius 1 is 0.867 bits per heavy atom. The molecule has 4 rings (SSSR count). The van der Waals surface area contributed by atoms with Gasteiger partial charge in [-0.3, -0.25) is 0 Å². The molecule has 3 aromatic carbocycles. The SMILES string of the molecule is COC(=O)C1(C(c2ccccc2)(c2ccccc2)c2ccccc2)CCCN1OO. The Balaban J connectivity index is 2.19. The van der Waals surface area contributed by atoms with Crippen LogP contribution in [0.2, 0.25) is 0 Å². The number of carbonyl (C=O) groups excluding carboxylic acids is 1. The maximum atomic E-state index is 13.6. The van der Waals surface area contributed by atoms with Crippen molar-refractivity contribution in [3.63, 3.8) is 0 Å². The first-order valence-corrected chi connectivity index (χ1v) is 10.1. The number of benzene rings is 3. The van der Waals surface area contributed by atoms with Gasteiger partial charge in [0.25, 0.3) is 0 Å². The molecule has 1 fully saturated rings. The van der Waals surface area contributed by atoms with Crippen LogP contribution in [0.1, 0.15) is 29.5 Å². The molecule has 1 aliphatic heterocycles. The van der Waals surface area contributed by atoms with Gasteiger partial charge in [-0.15, -0.1) is 10.1 Å². The van der Waals surface area contributed by atoms with Crippen LogP contribution >= 0.6 is 0 Å². The van der Waals surface area contributed by atoms with Gasteiger partial charge in [-0.05, 0) is 29.5 Å². The van der Waals surface area contributed by atoms with Gasteiger partial charge in [0.1, 0.15) is 0 Å². The maximum absolute atomic E-state index is 13.6. The van der Waals surface area contributed by atoms with Gasteiger partial charge in [0.2, 0.25) is 0 Å². The van der Waals surface area contributed by atoms with Crippen LogP contribution in [0, 0.1) is 0 Å². The molecule has 0 amide bonds. The van der Waals surface area contributed by atoms with Crippen LogP contribution in [0.3, 0.4) is 0 Å². The summed E-state index contributed by atoms with van der Waals surface area (Å²) >= 11 is 0. The number of nitrogens with zero attached hydrogens (tertiary/aromatic N) is 1. The summed E-state index contributed by atoms with van der Waals surface area (Å²) in [6.45, 7) is 0.403. The molecule has 154 valence electrons. The standard InChI is InChI=1S/C25H25NO4/c1-29-23(27)24(18-11-19-26(24)30-28)25(20-12-5-2-6-13-20,21-14-7-3-8-15-21)22-16-9-4-10-17-22/h2-10,12-17,28H,11,18-19H2,1H3. The first-order valence-electron chi connectivity index (χ1n) is 10.1. The Labute approximate surface area is 176 Å². The molecule has 1 unspecified atom stereocenters. The highest BCUT2D eigenvalue weighted by atomic mass is 17.2. The average molecular weight is 403 g/mol. The molecule has 5 heteroatoms. The molecule has 0 aliphatic carbocycles. The minimum atomic E-state index is -1.30. The normalized spacial score (nSPS) is 19.5. The van der Waals surface area contributed by atoms with E-state index in [1.54, 1.807) is 0 Å². The monoisotopic (exact) mass is 403 g/mol. The molecular weight excluding hydrogens is 378 g/mol. The molecule has 30 heavy (non-hydrogen) atoms. The molecule has 0 radical (unpaired) electrons. The molecule has 0 aromatic heterocycles. The molecule has 3 aromatic rings. The van der Waals surface area contributed by atoms with Crippen molar-refractivity contribution in [2.24, 2.45) is 0 Å². The highest BCUT2D eigenvalue weighted by Gasteiger charge is 2.66. The van der Waals surface area contributed by atoms with Crippen molar-refractivity contribution in [2.75, 3.05) is 13.7 Å². The van der Waals surface area contributed by atoms with Gasteiger partial charge >= 0.3 is 5.97 Å². The highest BCUT2D eigenvalue weighted by molar-refractivity contribution is 5.87. The van der Waals surface area contributed by atoms with E-state index >= 15 is 0 Å². The second-order valence-electron chi connectivity index (χ2n) is 7.49. The molecular formula is C25H25NO4. The Morgan fingerprint density at radius 3 is 1.67 bits per heavy atom. The quantitative estimate of drug-likeness (QED) is 0.286. The van der Waals surface area contributed by atoms with Crippen LogP contribution in [-0.2, 0) is 19.9 Å². The second kappa shape index (κ2) is 8.40. The summed E-state index contributed by atoms with van der Waals surface area (Å²) in [6.07, 6.45) is 1.13. The molecule has 5 nitrogen and oxygen atoms in total. The van der Waals surface area contributed by atoms with Crippen molar-refractivity contribution >= 4 is 5.97 Å². The third kappa shape index (κ3) is 2.86. The number of carbonyl (C=O) groups is 1. The van der Waals surface area contributed by atoms with Crippen LogP contribution in [-0.4, -0.2) is 35.5 Å². The lowest BCUT2D eigenvalue weighted by Crippen LogP contribution is -2.65. The number of hydrogen-bond donors (Lipinski definition) is 1. The van der Waals surface area contributed by atoms with E-state index < -0.39 is 16.9 Å². The Kier molecular flexibility index (Phi) is 5.68. The van der Waals surface area contributed by atoms with Crippen molar-refractivity contribution in [3.05, 3.63) is 108 Å². The third-order valence-corrected chi connectivity index (χ3v) is 6.19. The van der Waals surface area contributed by atoms with Crippen molar-refractivity contribution in [3.8, 4) is 0 Å². The van der Waals surface area contributed by atoms with Gasteiger partial charge in [0, 0.05) is 6.54 Å². The maximum Gasteiger partial charge on any atom is 0.330 e. The van der Waals surface area contributed by atoms with Crippen molar-refractivity contribution in [1.82, 2.24) is 5.06 Å². The number of hydrogen-bond acceptors (Lipinski definition) is 5.